The average Bonchev–Trinajstić information content (AvgIpc) is 1.65. The van der Waals surface area contributed by atoms with Crippen LogP contribution in [-0.2, 0) is 54.0 Å². The first-order valence-electron chi connectivity index (χ1n) is 32.1. The maximum absolute atomic E-state index is 14.6. The lowest BCUT2D eigenvalue weighted by Gasteiger charge is -2.38. The van der Waals surface area contributed by atoms with Gasteiger partial charge in [-0.05, 0) is 89.1 Å². The van der Waals surface area contributed by atoms with Gasteiger partial charge in [0.1, 0.15) is 36.3 Å². The van der Waals surface area contributed by atoms with Gasteiger partial charge in [0.15, 0.2) is 47.3 Å². The fourth-order valence-electron chi connectivity index (χ4n) is 11.5. The number of hydrogen-bond donors (Lipinski definition) is 6. The number of benzene rings is 3. The highest BCUT2D eigenvalue weighted by molar-refractivity contribution is 6.07. The molecule has 5 heterocycles. The zero-order chi connectivity index (χ0) is 70.1. The van der Waals surface area contributed by atoms with Gasteiger partial charge in [0.25, 0.3) is 11.8 Å². The Morgan fingerprint density at radius 3 is 1.53 bits per heavy atom. The fraction of sp³-hybridized carbons (Fsp3) is 0.582. The lowest BCUT2D eigenvalue weighted by Crippen LogP contribution is -2.61. The predicted molar refractivity (Wildman–Crippen MR) is 342 cm³/mol. The maximum atomic E-state index is 14.6. The van der Waals surface area contributed by atoms with Crippen LogP contribution >= 0.6 is 0 Å². The van der Waals surface area contributed by atoms with Crippen LogP contribution in [0.25, 0.3) is 0 Å². The lowest BCUT2D eigenvalue weighted by molar-refractivity contribution is -0.271. The second-order valence-corrected chi connectivity index (χ2v) is 24.6. The van der Waals surface area contributed by atoms with Crippen LogP contribution in [-0.4, -0.2) is 257 Å². The molecule has 6 N–H and O–H groups in total. The second-order valence-electron chi connectivity index (χ2n) is 24.6. The molecule has 5 aliphatic heterocycles. The van der Waals surface area contributed by atoms with E-state index >= 15 is 0 Å². The Labute approximate surface area is 561 Å². The van der Waals surface area contributed by atoms with Crippen LogP contribution in [0.15, 0.2) is 66.8 Å². The number of ketones is 1. The van der Waals surface area contributed by atoms with Crippen LogP contribution in [0.4, 0.5) is 21.0 Å². The average molecular weight is 1370 g/mol. The highest BCUT2D eigenvalue weighted by atomic mass is 16.7. The van der Waals surface area contributed by atoms with E-state index < -0.39 is 103 Å². The summed E-state index contributed by atoms with van der Waals surface area (Å²) in [6, 6.07) is 8.07. The van der Waals surface area contributed by atoms with E-state index in [-0.39, 0.29) is 134 Å². The smallest absolute Gasteiger partial charge is 0.417 e. The molecule has 0 bridgehead atoms. The van der Waals surface area contributed by atoms with Gasteiger partial charge in [-0.1, -0.05) is 30.4 Å². The van der Waals surface area contributed by atoms with Crippen molar-refractivity contribution < 1.29 is 126 Å². The summed E-state index contributed by atoms with van der Waals surface area (Å²) in [4.78, 5) is 87.7. The second kappa shape index (κ2) is 35.2. The monoisotopic (exact) mass is 1370 g/mol. The van der Waals surface area contributed by atoms with Crippen molar-refractivity contribution in [2.75, 3.05) is 130 Å². The number of nitrogens with zero attached hydrogens (tertiary/aromatic N) is 4. The quantitative estimate of drug-likeness (QED) is 0.0270. The van der Waals surface area contributed by atoms with Gasteiger partial charge in [-0.2, -0.15) is 0 Å². The number of anilines is 2. The molecule has 3 saturated heterocycles. The lowest BCUT2D eigenvalue weighted by atomic mass is 9.98. The number of rotatable bonds is 35. The topological polar surface area (TPSA) is 366 Å². The standard InChI is InChI=1S/C67H90N4O26/c1-39-29-47-61(78)70(65(82)94-38-41-14-15-50(95-64-57(75)55(73)56(74)58(96-64)63(80)81)44(31-41)49(72)13-12-16-87-21-22-89-25-26-91-28-27-90-24-23-88-20-19-84-6)45-34-53(51(85-7)32-42(45)59(76)68(47)36-39)92-17-10-9-11-18-93-54-35-46-43(33-52(54)86-8)60(77)69-37-40(2)30-48(69)62(79)71(46)66(83)97-67(3,4)5/h14-15,31-35,47-48,55-58,61-62,64,73-75,78-79H,1-2,9-13,16-30,36-38H2,3-8H3,(H,80,81)/t47-,48-,55-,56-,57+,58-,61?,62?,64+/m0/s1. The van der Waals surface area contributed by atoms with Crippen LogP contribution in [0, 0.1) is 0 Å². The first-order valence-corrected chi connectivity index (χ1v) is 32.1. The Hall–Kier alpha value is -7.72. The van der Waals surface area contributed by atoms with Gasteiger partial charge in [-0.25, -0.2) is 24.2 Å². The van der Waals surface area contributed by atoms with E-state index in [4.69, 9.17) is 66.3 Å². The van der Waals surface area contributed by atoms with Crippen LogP contribution in [0.1, 0.15) is 102 Å². The van der Waals surface area contributed by atoms with Gasteiger partial charge in [0.2, 0.25) is 6.29 Å². The summed E-state index contributed by atoms with van der Waals surface area (Å²) < 4.78 is 79.1. The molecule has 3 aromatic carbocycles. The number of amides is 4. The number of aliphatic carboxylic acids is 1. The van der Waals surface area contributed by atoms with E-state index in [0.29, 0.717) is 77.7 Å². The number of carbonyl (C=O) groups excluding carboxylic acids is 5. The van der Waals surface area contributed by atoms with Crippen LogP contribution in [0.3, 0.4) is 0 Å². The highest BCUT2D eigenvalue weighted by Crippen LogP contribution is 2.44. The number of methoxy groups -OCH3 is 3. The molecule has 5 aliphatic rings. The van der Waals surface area contributed by atoms with Crippen molar-refractivity contribution in [1.82, 2.24) is 9.80 Å². The third-order valence-corrected chi connectivity index (χ3v) is 16.3. The highest BCUT2D eigenvalue weighted by Gasteiger charge is 2.50. The molecule has 97 heavy (non-hydrogen) atoms. The van der Waals surface area contributed by atoms with Gasteiger partial charge >= 0.3 is 18.2 Å². The first-order chi connectivity index (χ1) is 46.5. The number of hydrogen-bond acceptors (Lipinski definition) is 25. The molecular formula is C67H90N4O26. The summed E-state index contributed by atoms with van der Waals surface area (Å²) in [5.41, 5.74) is 0.594. The van der Waals surface area contributed by atoms with Crippen molar-refractivity contribution in [3.8, 4) is 28.7 Å². The third kappa shape index (κ3) is 19.1. The number of carbonyl (C=O) groups is 6. The molecule has 9 atom stereocenters. The number of unbranched alkanes of at least 4 members (excludes halogenated alkanes) is 2. The van der Waals surface area contributed by atoms with Crippen LogP contribution in [0.2, 0.25) is 0 Å². The molecule has 3 fully saturated rings. The molecule has 0 spiro atoms. The summed E-state index contributed by atoms with van der Waals surface area (Å²) in [6.07, 6.45) is -13.0. The van der Waals surface area contributed by atoms with Gasteiger partial charge < -0.3 is 107 Å². The van der Waals surface area contributed by atoms with Gasteiger partial charge in [0.05, 0.1) is 134 Å². The Bertz CT molecular complexity index is 3250. The first kappa shape index (κ1) is 75.1. The minimum absolute atomic E-state index is 0.0257. The summed E-state index contributed by atoms with van der Waals surface area (Å²) in [5, 5.41) is 65.2. The minimum atomic E-state index is -2.02. The van der Waals surface area contributed by atoms with Gasteiger partial charge in [-0.3, -0.25) is 14.4 Å². The normalized spacial score (nSPS) is 22.3. The number of carboxylic acid groups (broad SMARTS) is 1. The van der Waals surface area contributed by atoms with E-state index in [2.05, 4.69) is 13.2 Å². The predicted octanol–water partition coefficient (Wildman–Crippen LogP) is 4.39. The van der Waals surface area contributed by atoms with Gasteiger partial charge in [-0.15, -0.1) is 0 Å². The Kier molecular flexibility index (Phi) is 27.2. The van der Waals surface area contributed by atoms with Crippen LogP contribution < -0.4 is 33.5 Å². The molecule has 8 rings (SSSR count). The molecule has 4 amide bonds. The molecule has 3 aromatic rings. The molecule has 0 aliphatic carbocycles. The zero-order valence-corrected chi connectivity index (χ0v) is 55.6. The van der Waals surface area contributed by atoms with Crippen molar-refractivity contribution in [3.05, 3.63) is 89.0 Å². The van der Waals surface area contributed by atoms with Gasteiger partial charge in [0, 0.05) is 45.4 Å². The Balaban J connectivity index is 0.909. The fourth-order valence-corrected chi connectivity index (χ4v) is 11.5. The van der Waals surface area contributed by atoms with E-state index in [0.717, 1.165) is 15.4 Å². The number of carboxylic acids is 1. The summed E-state index contributed by atoms with van der Waals surface area (Å²) >= 11 is 0. The van der Waals surface area contributed by atoms with E-state index in [9.17, 15) is 59.4 Å². The van der Waals surface area contributed by atoms with Crippen molar-refractivity contribution in [1.29, 1.82) is 0 Å². The minimum Gasteiger partial charge on any atom is -0.493 e. The Morgan fingerprint density at radius 2 is 1.05 bits per heavy atom. The zero-order valence-electron chi connectivity index (χ0n) is 55.6. The van der Waals surface area contributed by atoms with E-state index in [1.54, 1.807) is 27.9 Å². The van der Waals surface area contributed by atoms with Crippen molar-refractivity contribution >= 4 is 47.1 Å². The third-order valence-electron chi connectivity index (χ3n) is 16.3. The van der Waals surface area contributed by atoms with Crippen LogP contribution in [0.5, 0.6) is 28.7 Å². The van der Waals surface area contributed by atoms with Crippen molar-refractivity contribution in [2.45, 2.75) is 133 Å². The SMILES string of the molecule is C=C1C[C@H]2C(O)N(C(=O)OCc3ccc(O[C@@H]4O[C@H](C(=O)O)[C@@H](O)[C@H](O)[C@H]4O)c(C(=O)CCCOCCOCCOCCOCCOCCOC)c3)c3cc(OCCCCCOc4cc5c(cc4OC)C(=O)N4CC(=C)C[C@H]4C(O)N5C(=O)OC(C)(C)C)c(OC)cc3C(=O)N2C1. The maximum Gasteiger partial charge on any atom is 0.417 e. The van der Waals surface area contributed by atoms with E-state index in [1.807, 2.05) is 0 Å². The number of Topliss-reactive ketones (excluding diaryl/α,β-unsaturated/α-hetero) is 1. The van der Waals surface area contributed by atoms with E-state index in [1.165, 1.54) is 66.5 Å². The Morgan fingerprint density at radius 1 is 0.567 bits per heavy atom. The van der Waals surface area contributed by atoms with Crippen molar-refractivity contribution in [2.24, 2.45) is 0 Å². The number of aliphatic hydroxyl groups excluding tert-OH is 5. The molecule has 0 aromatic heterocycles. The summed E-state index contributed by atoms with van der Waals surface area (Å²) in [5.74, 6) is -2.68. The molecule has 30 nitrogen and oxygen atoms in total. The molecular weight excluding hydrogens is 1280 g/mol. The van der Waals surface area contributed by atoms with Crippen molar-refractivity contribution in [3.63, 3.8) is 0 Å². The largest absolute Gasteiger partial charge is 0.493 e. The molecule has 534 valence electrons. The molecule has 0 saturated carbocycles. The summed E-state index contributed by atoms with van der Waals surface area (Å²) in [6.45, 7) is 17.0. The molecule has 2 unspecified atom stereocenters. The number of ether oxygens (including phenoxy) is 14. The number of aliphatic hydroxyl groups is 5. The number of fused-ring (bicyclic) bond motifs is 4. The molecule has 30 heteroatoms. The summed E-state index contributed by atoms with van der Waals surface area (Å²) in [7, 11) is 4.39. The molecule has 0 radical (unpaired) electrons.